The average molecular weight is 413 g/mol. The normalized spacial score (nSPS) is 13.9. The smallest absolute Gasteiger partial charge is 0.311 e. The minimum Gasteiger partial charge on any atom is -0.311 e. The largest absolute Gasteiger partial charge is 0.343 e. The molecular weight excluding hydrogens is 393 g/mol. The number of ketones is 1. The van der Waals surface area contributed by atoms with Crippen molar-refractivity contribution >= 4 is 13.4 Å². The van der Waals surface area contributed by atoms with Crippen LogP contribution < -0.4 is 5.32 Å². The van der Waals surface area contributed by atoms with Gasteiger partial charge in [-0.15, -0.1) is 10.2 Å². The topological polar surface area (TPSA) is 119 Å². The van der Waals surface area contributed by atoms with Crippen LogP contribution in [-0.4, -0.2) is 46.9 Å². The predicted octanol–water partition coefficient (Wildman–Crippen LogP) is 2.73. The Morgan fingerprint density at radius 2 is 1.79 bits per heavy atom. The maximum Gasteiger partial charge on any atom is 0.343 e. The lowest BCUT2D eigenvalue weighted by Crippen LogP contribution is -2.26. The molecule has 1 atom stereocenters. The van der Waals surface area contributed by atoms with E-state index >= 15 is 0 Å². The van der Waals surface area contributed by atoms with Gasteiger partial charge in [-0.25, -0.2) is 0 Å². The number of rotatable bonds is 8. The third-order valence-corrected chi connectivity index (χ3v) is 6.67. The molecule has 3 aromatic rings. The average Bonchev–Trinajstić information content (AvgIpc) is 3.39. The van der Waals surface area contributed by atoms with Gasteiger partial charge in [-0.05, 0) is 29.2 Å². The number of tetrazole rings is 1. The summed E-state index contributed by atoms with van der Waals surface area (Å²) >= 11 is 0. The van der Waals surface area contributed by atoms with Crippen LogP contribution in [0, 0.1) is 0 Å². The van der Waals surface area contributed by atoms with Crippen LogP contribution in [0.1, 0.15) is 33.4 Å². The fourth-order valence-corrected chi connectivity index (χ4v) is 4.29. The van der Waals surface area contributed by atoms with Crippen molar-refractivity contribution in [1.82, 2.24) is 25.9 Å². The Hall–Kier alpha value is -2.71. The summed E-state index contributed by atoms with van der Waals surface area (Å²) in [6.45, 7) is 0. The van der Waals surface area contributed by atoms with Crippen LogP contribution in [0.4, 0.5) is 0 Å². The van der Waals surface area contributed by atoms with E-state index in [1.807, 2.05) is 42.5 Å². The van der Waals surface area contributed by atoms with Gasteiger partial charge in [0.15, 0.2) is 11.6 Å². The van der Waals surface area contributed by atoms with E-state index in [9.17, 15) is 9.36 Å². The Balaban J connectivity index is 1.59. The van der Waals surface area contributed by atoms with E-state index in [1.54, 1.807) is 0 Å². The lowest BCUT2D eigenvalue weighted by atomic mass is 9.99. The van der Waals surface area contributed by atoms with Crippen molar-refractivity contribution in [3.05, 3.63) is 65.0 Å². The van der Waals surface area contributed by atoms with Gasteiger partial charge in [-0.2, -0.15) is 5.21 Å². The molecule has 2 aromatic carbocycles. The molecule has 0 amide bonds. The van der Waals surface area contributed by atoms with Crippen LogP contribution >= 0.6 is 7.60 Å². The van der Waals surface area contributed by atoms with E-state index in [4.69, 9.17) is 9.05 Å². The van der Waals surface area contributed by atoms with Crippen molar-refractivity contribution in [2.24, 2.45) is 0 Å². The summed E-state index contributed by atoms with van der Waals surface area (Å²) in [4.78, 5) is 12.8. The third-order valence-electron chi connectivity index (χ3n) is 4.99. The second-order valence-corrected chi connectivity index (χ2v) is 8.89. The minimum atomic E-state index is -3.26. The zero-order valence-electron chi connectivity index (χ0n) is 16.0. The molecule has 10 heteroatoms. The lowest BCUT2D eigenvalue weighted by molar-refractivity contribution is 0.104. The summed E-state index contributed by atoms with van der Waals surface area (Å²) in [6, 6.07) is 13.0. The maximum absolute atomic E-state index is 12.8. The molecule has 1 aliphatic carbocycles. The van der Waals surface area contributed by atoms with Crippen molar-refractivity contribution < 1.29 is 18.4 Å². The summed E-state index contributed by atoms with van der Waals surface area (Å²) in [5.41, 5.74) is 4.19. The zero-order chi connectivity index (χ0) is 20.4. The fraction of sp³-hybridized carbons (Fsp3) is 0.263. The highest BCUT2D eigenvalue weighted by Gasteiger charge is 2.28. The molecule has 150 valence electrons. The zero-order valence-corrected chi connectivity index (χ0v) is 16.8. The Morgan fingerprint density at radius 3 is 2.48 bits per heavy atom. The molecule has 1 aromatic heterocycles. The molecule has 4 rings (SSSR count). The Labute approximate surface area is 167 Å². The fourth-order valence-electron chi connectivity index (χ4n) is 3.44. The summed E-state index contributed by atoms with van der Waals surface area (Å²) in [5, 5.41) is 17.2. The van der Waals surface area contributed by atoms with Crippen LogP contribution in [0.15, 0.2) is 42.5 Å². The maximum atomic E-state index is 12.8. The summed E-state index contributed by atoms with van der Waals surface area (Å²) in [7, 11) is -0.591. The van der Waals surface area contributed by atoms with Crippen LogP contribution in [0.5, 0.6) is 0 Å². The molecule has 1 unspecified atom stereocenters. The van der Waals surface area contributed by atoms with Gasteiger partial charge in [0.2, 0.25) is 0 Å². The number of carbonyl (C=O) groups excluding carboxylic acids is 1. The minimum absolute atomic E-state index is 0.0183. The van der Waals surface area contributed by atoms with Crippen molar-refractivity contribution in [1.29, 1.82) is 0 Å². The monoisotopic (exact) mass is 413 g/mol. The van der Waals surface area contributed by atoms with Gasteiger partial charge < -0.3 is 9.05 Å². The second kappa shape index (κ2) is 7.96. The number of H-pyrrole nitrogens is 1. The third kappa shape index (κ3) is 3.77. The number of benzene rings is 2. The van der Waals surface area contributed by atoms with Gasteiger partial charge in [0.1, 0.15) is 0 Å². The number of nitrogens with zero attached hydrogens (tertiary/aromatic N) is 3. The quantitative estimate of drug-likeness (QED) is 0.423. The number of carbonyl (C=O) groups is 1. The summed E-state index contributed by atoms with van der Waals surface area (Å²) in [5.74, 6) is 0.434. The van der Waals surface area contributed by atoms with E-state index in [2.05, 4.69) is 25.9 Å². The van der Waals surface area contributed by atoms with E-state index in [1.165, 1.54) is 14.2 Å². The lowest BCUT2D eigenvalue weighted by Gasteiger charge is -2.19. The van der Waals surface area contributed by atoms with Crippen LogP contribution in [0.2, 0.25) is 0 Å². The standard InChI is InChI=1S/C19H20N5O4P/c1-27-29(26,28-2)11-20-17(19-21-23-24-22-19)10-12-7-8-14-13-5-3-4-6-15(13)18(25)16(14)9-12/h3-9,17,20H,10-11H2,1-2H3,(H,21,22,23,24). The van der Waals surface area contributed by atoms with Gasteiger partial charge in [0.05, 0.1) is 12.3 Å². The predicted molar refractivity (Wildman–Crippen MR) is 106 cm³/mol. The van der Waals surface area contributed by atoms with E-state index in [0.29, 0.717) is 23.4 Å². The van der Waals surface area contributed by atoms with Gasteiger partial charge >= 0.3 is 7.60 Å². The highest BCUT2D eigenvalue weighted by molar-refractivity contribution is 7.53. The van der Waals surface area contributed by atoms with Gasteiger partial charge in [-0.1, -0.05) is 41.6 Å². The van der Waals surface area contributed by atoms with Gasteiger partial charge in [0, 0.05) is 25.3 Å². The Bertz CT molecular complexity index is 1080. The Kier molecular flexibility index (Phi) is 5.38. The number of hydrogen-bond acceptors (Lipinski definition) is 8. The number of aromatic amines is 1. The molecule has 0 spiro atoms. The van der Waals surface area contributed by atoms with Gasteiger partial charge in [0.25, 0.3) is 0 Å². The second-order valence-electron chi connectivity index (χ2n) is 6.62. The molecule has 0 bridgehead atoms. The first-order chi connectivity index (χ1) is 14.0. The number of nitrogens with one attached hydrogen (secondary N) is 2. The summed E-state index contributed by atoms with van der Waals surface area (Å²) in [6.07, 6.45) is 0.443. The van der Waals surface area contributed by atoms with E-state index < -0.39 is 13.6 Å². The van der Waals surface area contributed by atoms with E-state index in [0.717, 1.165) is 16.7 Å². The SMILES string of the molecule is COP(=O)(CNC(Cc1ccc2c(c1)C(=O)c1ccccc1-2)c1nn[nH]n1)OC. The number of aromatic nitrogens is 4. The molecule has 0 radical (unpaired) electrons. The molecule has 0 fully saturated rings. The number of hydrogen-bond donors (Lipinski definition) is 2. The molecule has 9 nitrogen and oxygen atoms in total. The van der Waals surface area contributed by atoms with Crippen LogP contribution in [0.25, 0.3) is 11.1 Å². The first kappa shape index (κ1) is 19.6. The molecule has 0 aliphatic heterocycles. The molecular formula is C19H20N5O4P. The molecule has 0 saturated heterocycles. The molecule has 2 N–H and O–H groups in total. The van der Waals surface area contributed by atoms with E-state index in [-0.39, 0.29) is 12.1 Å². The highest BCUT2D eigenvalue weighted by atomic mass is 31.2. The van der Waals surface area contributed by atoms with Crippen LogP contribution in [-0.2, 0) is 20.0 Å². The van der Waals surface area contributed by atoms with Crippen molar-refractivity contribution in [2.45, 2.75) is 12.5 Å². The van der Waals surface area contributed by atoms with Crippen molar-refractivity contribution in [2.75, 3.05) is 20.5 Å². The molecule has 1 aliphatic rings. The first-order valence-corrected chi connectivity index (χ1v) is 10.7. The van der Waals surface area contributed by atoms with Crippen molar-refractivity contribution in [3.63, 3.8) is 0 Å². The molecule has 1 heterocycles. The highest BCUT2D eigenvalue weighted by Crippen LogP contribution is 2.45. The van der Waals surface area contributed by atoms with Crippen molar-refractivity contribution in [3.8, 4) is 11.1 Å². The summed E-state index contributed by atoms with van der Waals surface area (Å²) < 4.78 is 22.3. The van der Waals surface area contributed by atoms with Crippen LogP contribution in [0.3, 0.4) is 0 Å². The van der Waals surface area contributed by atoms with Gasteiger partial charge in [-0.3, -0.25) is 14.7 Å². The first-order valence-electron chi connectivity index (χ1n) is 8.99. The molecule has 0 saturated carbocycles. The Morgan fingerprint density at radius 1 is 1.07 bits per heavy atom. The molecule has 29 heavy (non-hydrogen) atoms. The number of fused-ring (bicyclic) bond motifs is 3.